The molecular weight excluding hydrogens is 499 g/mol. The summed E-state index contributed by atoms with van der Waals surface area (Å²) in [4.78, 5) is 12.1. The average molecular weight is 549 g/mol. The molecule has 0 aromatic heterocycles. The summed E-state index contributed by atoms with van der Waals surface area (Å²) in [5, 5.41) is 9.01. The predicted octanol–water partition coefficient (Wildman–Crippen LogP) is 9.93. The van der Waals surface area contributed by atoms with Gasteiger partial charge in [-0.1, -0.05) is 83.1 Å². The van der Waals surface area contributed by atoms with Gasteiger partial charge in [0.15, 0.2) is 0 Å². The van der Waals surface area contributed by atoms with Crippen LogP contribution in [0.3, 0.4) is 0 Å². The number of rotatable bonds is 6. The number of hydrogen-bond donors (Lipinski definition) is 1. The molecule has 1 aliphatic carbocycles. The SMILES string of the molecule is CC1Cc2ccccc2C1C.CCC(C)(C)C(=O)OC(C)(C)c1ccc(F)cc1.CCC(C)c1ccc(O)cc1. The first-order chi connectivity index (χ1) is 18.7. The van der Waals surface area contributed by atoms with Gasteiger partial charge in [-0.25, -0.2) is 4.39 Å². The lowest BCUT2D eigenvalue weighted by Gasteiger charge is -2.30. The van der Waals surface area contributed by atoms with E-state index in [0.717, 1.165) is 23.8 Å². The van der Waals surface area contributed by atoms with Crippen molar-refractivity contribution in [1.82, 2.24) is 0 Å². The highest BCUT2D eigenvalue weighted by molar-refractivity contribution is 5.76. The van der Waals surface area contributed by atoms with Gasteiger partial charge in [-0.15, -0.1) is 0 Å². The summed E-state index contributed by atoms with van der Waals surface area (Å²) in [7, 11) is 0. The molecule has 0 fully saturated rings. The predicted molar refractivity (Wildman–Crippen MR) is 164 cm³/mol. The van der Waals surface area contributed by atoms with E-state index in [4.69, 9.17) is 9.84 Å². The summed E-state index contributed by atoms with van der Waals surface area (Å²) in [6.45, 7) is 18.3. The molecular formula is C36H49FO3. The van der Waals surface area contributed by atoms with E-state index in [1.807, 2.05) is 46.8 Å². The summed E-state index contributed by atoms with van der Waals surface area (Å²) >= 11 is 0. The highest BCUT2D eigenvalue weighted by atomic mass is 19.1. The second kappa shape index (κ2) is 14.5. The summed E-state index contributed by atoms with van der Waals surface area (Å²) in [5.74, 6) is 2.01. The minimum atomic E-state index is -0.753. The Bertz CT molecular complexity index is 1200. The summed E-state index contributed by atoms with van der Waals surface area (Å²) < 4.78 is 18.4. The Balaban J connectivity index is 0.000000220. The molecule has 0 saturated heterocycles. The number of phenols is 1. The number of hydrogen-bond acceptors (Lipinski definition) is 3. The van der Waals surface area contributed by atoms with Crippen LogP contribution in [-0.2, 0) is 21.6 Å². The number of fused-ring (bicyclic) bond motifs is 1. The number of carbonyl (C=O) groups excluding carboxylic acids is 1. The van der Waals surface area contributed by atoms with Gasteiger partial charge in [0.2, 0.25) is 0 Å². The normalized spacial score (nSPS) is 16.9. The third-order valence-corrected chi connectivity index (χ3v) is 8.34. The van der Waals surface area contributed by atoms with E-state index in [-0.39, 0.29) is 11.8 Å². The van der Waals surface area contributed by atoms with Crippen LogP contribution >= 0.6 is 0 Å². The number of halogens is 1. The van der Waals surface area contributed by atoms with Gasteiger partial charge in [-0.05, 0) is 111 Å². The monoisotopic (exact) mass is 548 g/mol. The Morgan fingerprint density at radius 2 is 1.52 bits per heavy atom. The first kappa shape index (κ1) is 33.1. The van der Waals surface area contributed by atoms with Crippen molar-refractivity contribution in [1.29, 1.82) is 0 Å². The summed E-state index contributed by atoms with van der Waals surface area (Å²) in [5.41, 5.74) is 3.95. The van der Waals surface area contributed by atoms with E-state index in [2.05, 4.69) is 52.0 Å². The molecule has 0 heterocycles. The van der Waals surface area contributed by atoms with E-state index in [9.17, 15) is 9.18 Å². The van der Waals surface area contributed by atoms with Crippen LogP contribution in [0, 0.1) is 17.2 Å². The van der Waals surface area contributed by atoms with Gasteiger partial charge < -0.3 is 9.84 Å². The molecule has 3 unspecified atom stereocenters. The van der Waals surface area contributed by atoms with Crippen LogP contribution in [0.2, 0.25) is 0 Å². The van der Waals surface area contributed by atoms with Gasteiger partial charge in [0.05, 0.1) is 5.41 Å². The molecule has 0 radical (unpaired) electrons. The summed E-state index contributed by atoms with van der Waals surface area (Å²) in [6, 6.07) is 22.3. The van der Waals surface area contributed by atoms with Crippen molar-refractivity contribution in [2.24, 2.45) is 11.3 Å². The zero-order chi connectivity index (χ0) is 30.1. The van der Waals surface area contributed by atoms with E-state index in [1.54, 1.807) is 35.4 Å². The van der Waals surface area contributed by atoms with Gasteiger partial charge in [0.25, 0.3) is 0 Å². The maximum atomic E-state index is 12.9. The summed E-state index contributed by atoms with van der Waals surface area (Å²) in [6.07, 6.45) is 3.13. The van der Waals surface area contributed by atoms with Crippen molar-refractivity contribution in [3.8, 4) is 5.75 Å². The number of aromatic hydroxyl groups is 1. The standard InChI is InChI=1S/C15H21FO2.C11H14.C10H14O/c1-6-14(2,3)13(17)18-15(4,5)11-7-9-12(16)10-8-11;1-8-7-10-5-3-4-6-11(10)9(8)2;1-3-8(2)9-4-6-10(11)7-5-9/h7-10H,6H2,1-5H3;3-6,8-9H,7H2,1-2H3;4-8,11H,3H2,1-2H3. The Morgan fingerprint density at radius 1 is 0.950 bits per heavy atom. The number of ether oxygens (including phenoxy) is 1. The lowest BCUT2D eigenvalue weighted by molar-refractivity contribution is -0.168. The minimum absolute atomic E-state index is 0.237. The fraction of sp³-hybridized carbons (Fsp3) is 0.472. The number of phenolic OH excluding ortho intramolecular Hbond substituents is 1. The van der Waals surface area contributed by atoms with Crippen molar-refractivity contribution in [3.63, 3.8) is 0 Å². The van der Waals surface area contributed by atoms with Crippen LogP contribution < -0.4 is 0 Å². The van der Waals surface area contributed by atoms with Gasteiger partial charge in [-0.2, -0.15) is 0 Å². The fourth-order valence-electron chi connectivity index (χ4n) is 4.46. The molecule has 0 bridgehead atoms. The highest BCUT2D eigenvalue weighted by Crippen LogP contribution is 2.36. The fourth-order valence-corrected chi connectivity index (χ4v) is 4.46. The molecule has 0 amide bonds. The first-order valence-corrected chi connectivity index (χ1v) is 14.6. The van der Waals surface area contributed by atoms with E-state index < -0.39 is 11.0 Å². The average Bonchev–Trinajstić information content (AvgIpc) is 3.22. The molecule has 0 spiro atoms. The Hall–Kier alpha value is -3.14. The molecule has 40 heavy (non-hydrogen) atoms. The molecule has 4 heteroatoms. The van der Waals surface area contributed by atoms with E-state index in [0.29, 0.717) is 18.1 Å². The topological polar surface area (TPSA) is 46.5 Å². The zero-order valence-corrected chi connectivity index (χ0v) is 25.9. The molecule has 4 rings (SSSR count). The van der Waals surface area contributed by atoms with Crippen molar-refractivity contribution < 1.29 is 19.0 Å². The van der Waals surface area contributed by atoms with E-state index >= 15 is 0 Å². The lowest BCUT2D eigenvalue weighted by atomic mass is 9.89. The molecule has 218 valence electrons. The second-order valence-electron chi connectivity index (χ2n) is 12.2. The zero-order valence-electron chi connectivity index (χ0n) is 25.9. The van der Waals surface area contributed by atoms with Gasteiger partial charge in [0, 0.05) is 0 Å². The van der Waals surface area contributed by atoms with Gasteiger partial charge in [0.1, 0.15) is 17.2 Å². The van der Waals surface area contributed by atoms with Crippen LogP contribution in [0.15, 0.2) is 72.8 Å². The quantitative estimate of drug-likeness (QED) is 0.312. The third-order valence-electron chi connectivity index (χ3n) is 8.34. The van der Waals surface area contributed by atoms with Crippen molar-refractivity contribution in [2.75, 3.05) is 0 Å². The smallest absolute Gasteiger partial charge is 0.312 e. The first-order valence-electron chi connectivity index (χ1n) is 14.6. The maximum Gasteiger partial charge on any atom is 0.312 e. The van der Waals surface area contributed by atoms with Crippen molar-refractivity contribution >= 4 is 5.97 Å². The number of benzene rings is 3. The Kier molecular flexibility index (Phi) is 12.0. The van der Waals surface area contributed by atoms with Crippen LogP contribution in [-0.4, -0.2) is 11.1 Å². The molecule has 1 N–H and O–H groups in total. The van der Waals surface area contributed by atoms with Crippen LogP contribution in [0.4, 0.5) is 4.39 Å². The lowest BCUT2D eigenvalue weighted by Crippen LogP contribution is -2.33. The molecule has 3 nitrogen and oxygen atoms in total. The molecule has 3 aromatic rings. The largest absolute Gasteiger partial charge is 0.508 e. The van der Waals surface area contributed by atoms with Crippen LogP contribution in [0.5, 0.6) is 5.75 Å². The molecule has 1 aliphatic rings. The molecule has 3 atom stereocenters. The molecule has 0 aliphatic heterocycles. The molecule has 0 saturated carbocycles. The Labute approximate surface area is 241 Å². The maximum absolute atomic E-state index is 12.9. The van der Waals surface area contributed by atoms with E-state index in [1.165, 1.54) is 24.1 Å². The Morgan fingerprint density at radius 3 is 2.05 bits per heavy atom. The van der Waals surface area contributed by atoms with Crippen molar-refractivity contribution in [2.45, 2.75) is 99.0 Å². The third kappa shape index (κ3) is 9.21. The second-order valence-corrected chi connectivity index (χ2v) is 12.2. The van der Waals surface area contributed by atoms with Gasteiger partial charge in [-0.3, -0.25) is 4.79 Å². The molecule has 3 aromatic carbocycles. The number of esters is 1. The number of carbonyl (C=O) groups is 1. The van der Waals surface area contributed by atoms with Crippen LogP contribution in [0.1, 0.15) is 109 Å². The van der Waals surface area contributed by atoms with Gasteiger partial charge >= 0.3 is 5.97 Å². The minimum Gasteiger partial charge on any atom is -0.508 e. The highest BCUT2D eigenvalue weighted by Gasteiger charge is 2.33. The van der Waals surface area contributed by atoms with Crippen molar-refractivity contribution in [3.05, 3.63) is 101 Å². The van der Waals surface area contributed by atoms with Crippen LogP contribution in [0.25, 0.3) is 0 Å².